The largest absolute Gasteiger partial charge is 0.454 e. The molecule has 1 aromatic carbocycles. The van der Waals surface area contributed by atoms with Gasteiger partial charge in [0.05, 0.1) is 11.8 Å². The second-order valence-corrected chi connectivity index (χ2v) is 8.28. The minimum atomic E-state index is -1.14. The molecule has 1 heterocycles. The van der Waals surface area contributed by atoms with Crippen molar-refractivity contribution in [1.29, 1.82) is 0 Å². The average Bonchev–Trinajstić information content (AvgIpc) is 3.44. The molecule has 0 spiro atoms. The van der Waals surface area contributed by atoms with Crippen LogP contribution in [0.25, 0.3) is 0 Å². The Bertz CT molecular complexity index is 961. The molecule has 0 unspecified atom stereocenters. The monoisotopic (exact) mass is 445 g/mol. The average molecular weight is 446 g/mol. The van der Waals surface area contributed by atoms with Gasteiger partial charge >= 0.3 is 5.97 Å². The topological polar surface area (TPSA) is 122 Å². The Balaban J connectivity index is 1.26. The molecule has 1 saturated carbocycles. The van der Waals surface area contributed by atoms with Crippen molar-refractivity contribution in [3.8, 4) is 0 Å². The van der Waals surface area contributed by atoms with Crippen molar-refractivity contribution in [3.63, 3.8) is 0 Å². The third-order valence-electron chi connectivity index (χ3n) is 6.00. The van der Waals surface area contributed by atoms with Crippen LogP contribution in [0.15, 0.2) is 36.4 Å². The van der Waals surface area contributed by atoms with Crippen LogP contribution in [0.5, 0.6) is 0 Å². The second-order valence-electron chi connectivity index (χ2n) is 7.84. The molecule has 4 rings (SSSR count). The number of rotatable bonds is 5. The van der Waals surface area contributed by atoms with E-state index in [1.165, 1.54) is 31.2 Å². The molecular weight excluding hydrogens is 426 g/mol. The zero-order valence-electron chi connectivity index (χ0n) is 16.5. The number of amides is 4. The van der Waals surface area contributed by atoms with Crippen LogP contribution in [-0.4, -0.2) is 47.1 Å². The SMILES string of the molecule is C[C@@H](C(=O)OCC(=O)NNC(=O)c1ccc(Cl)cc1)N1C(=O)[C@@H]2[C@H](C1=O)[C@H]1C=C[C@H]2C1. The van der Waals surface area contributed by atoms with Crippen LogP contribution in [-0.2, 0) is 23.9 Å². The number of hydrogen-bond donors (Lipinski definition) is 2. The predicted octanol–water partition coefficient (Wildman–Crippen LogP) is 0.840. The van der Waals surface area contributed by atoms with Gasteiger partial charge in [-0.15, -0.1) is 0 Å². The first-order valence-electron chi connectivity index (χ1n) is 9.84. The molecule has 5 atom stereocenters. The quantitative estimate of drug-likeness (QED) is 0.300. The molecule has 0 aromatic heterocycles. The highest BCUT2D eigenvalue weighted by molar-refractivity contribution is 6.30. The van der Waals surface area contributed by atoms with Gasteiger partial charge in [0.15, 0.2) is 6.61 Å². The van der Waals surface area contributed by atoms with Gasteiger partial charge in [-0.2, -0.15) is 0 Å². The van der Waals surface area contributed by atoms with Crippen molar-refractivity contribution in [1.82, 2.24) is 15.8 Å². The lowest BCUT2D eigenvalue weighted by molar-refractivity contribution is -0.160. The molecule has 0 radical (unpaired) electrons. The van der Waals surface area contributed by atoms with Crippen molar-refractivity contribution in [2.75, 3.05) is 6.61 Å². The molecule has 2 bridgehead atoms. The van der Waals surface area contributed by atoms with E-state index in [1.807, 2.05) is 12.2 Å². The second kappa shape index (κ2) is 8.14. The normalized spacial score (nSPS) is 26.6. The van der Waals surface area contributed by atoms with E-state index < -0.39 is 42.3 Å². The van der Waals surface area contributed by atoms with Crippen LogP contribution in [0.1, 0.15) is 23.7 Å². The van der Waals surface area contributed by atoms with Crippen LogP contribution < -0.4 is 10.9 Å². The van der Waals surface area contributed by atoms with Crippen molar-refractivity contribution < 1.29 is 28.7 Å². The first-order chi connectivity index (χ1) is 14.8. The van der Waals surface area contributed by atoms with E-state index >= 15 is 0 Å². The van der Waals surface area contributed by atoms with Crippen molar-refractivity contribution >= 4 is 41.2 Å². The van der Waals surface area contributed by atoms with Gasteiger partial charge in [-0.3, -0.25) is 34.9 Å². The Hall–Kier alpha value is -3.20. The summed E-state index contributed by atoms with van der Waals surface area (Å²) < 4.78 is 4.94. The summed E-state index contributed by atoms with van der Waals surface area (Å²) in [7, 11) is 0. The number of nitrogens with zero attached hydrogens (tertiary/aromatic N) is 1. The smallest absolute Gasteiger partial charge is 0.329 e. The van der Waals surface area contributed by atoms with Crippen molar-refractivity contribution in [2.24, 2.45) is 23.7 Å². The number of likely N-dealkylation sites (tertiary alicyclic amines) is 1. The zero-order valence-corrected chi connectivity index (χ0v) is 17.3. The summed E-state index contributed by atoms with van der Waals surface area (Å²) in [5, 5.41) is 0.462. The Morgan fingerprint density at radius 2 is 1.65 bits per heavy atom. The lowest BCUT2D eigenvalue weighted by Gasteiger charge is -2.23. The summed E-state index contributed by atoms with van der Waals surface area (Å²) in [4.78, 5) is 62.6. The highest BCUT2D eigenvalue weighted by Gasteiger charge is 2.60. The molecule has 2 aliphatic carbocycles. The molecule has 3 aliphatic rings. The molecule has 4 amide bonds. The molecule has 9 nitrogen and oxygen atoms in total. The van der Waals surface area contributed by atoms with Crippen LogP contribution in [0.3, 0.4) is 0 Å². The Labute approximate surface area is 182 Å². The number of fused-ring (bicyclic) bond motifs is 5. The summed E-state index contributed by atoms with van der Waals surface area (Å²) in [5.41, 5.74) is 4.58. The first kappa shape index (κ1) is 21.0. The number of ether oxygens (including phenoxy) is 1. The Morgan fingerprint density at radius 3 is 2.23 bits per heavy atom. The molecule has 10 heteroatoms. The molecular formula is C21H20ClN3O6. The minimum Gasteiger partial charge on any atom is -0.454 e. The molecule has 2 fully saturated rings. The van der Waals surface area contributed by atoms with E-state index in [9.17, 15) is 24.0 Å². The number of allylic oxidation sites excluding steroid dienone is 2. The Morgan fingerprint density at radius 1 is 1.06 bits per heavy atom. The van der Waals surface area contributed by atoms with E-state index in [0.717, 1.165) is 11.3 Å². The fourth-order valence-electron chi connectivity index (χ4n) is 4.51. The zero-order chi connectivity index (χ0) is 22.3. The van der Waals surface area contributed by atoms with Gasteiger partial charge in [-0.25, -0.2) is 4.79 Å². The van der Waals surface area contributed by atoms with Crippen LogP contribution >= 0.6 is 11.6 Å². The van der Waals surface area contributed by atoms with Gasteiger partial charge in [-0.1, -0.05) is 23.8 Å². The summed E-state index contributed by atoms with van der Waals surface area (Å²) in [6.45, 7) is 0.717. The molecule has 31 heavy (non-hydrogen) atoms. The molecule has 2 N–H and O–H groups in total. The van der Waals surface area contributed by atoms with Gasteiger partial charge < -0.3 is 4.74 Å². The third kappa shape index (κ3) is 3.81. The summed E-state index contributed by atoms with van der Waals surface area (Å²) in [5.74, 6) is -3.71. The third-order valence-corrected chi connectivity index (χ3v) is 6.25. The first-order valence-corrected chi connectivity index (χ1v) is 10.2. The summed E-state index contributed by atoms with van der Waals surface area (Å²) in [6, 6.07) is 4.87. The number of nitrogens with one attached hydrogen (secondary N) is 2. The molecule has 1 saturated heterocycles. The maximum atomic E-state index is 12.7. The van der Waals surface area contributed by atoms with Gasteiger partial charge in [0, 0.05) is 10.6 Å². The lowest BCUT2D eigenvalue weighted by atomic mass is 9.85. The van der Waals surface area contributed by atoms with Crippen LogP contribution in [0, 0.1) is 23.7 Å². The summed E-state index contributed by atoms with van der Waals surface area (Å²) in [6.07, 6.45) is 4.72. The standard InChI is InChI=1S/C21H20ClN3O6/c1-10(25-19(28)16-12-2-3-13(8-12)17(16)20(25)29)21(30)31-9-15(26)23-24-18(27)11-4-6-14(22)7-5-11/h2-7,10,12-13,16-17H,8-9H2,1H3,(H,23,26)(H,24,27)/t10-,12-,13-,16-,17+/m0/s1. The number of hydrazine groups is 1. The van der Waals surface area contributed by atoms with E-state index in [4.69, 9.17) is 16.3 Å². The lowest BCUT2D eigenvalue weighted by Crippen LogP contribution is -2.47. The maximum absolute atomic E-state index is 12.7. The summed E-state index contributed by atoms with van der Waals surface area (Å²) >= 11 is 5.75. The number of imide groups is 1. The van der Waals surface area contributed by atoms with E-state index in [0.29, 0.717) is 5.02 Å². The highest BCUT2D eigenvalue weighted by atomic mass is 35.5. The number of hydrogen-bond acceptors (Lipinski definition) is 6. The molecule has 162 valence electrons. The number of carbonyl (C=O) groups excluding carboxylic acids is 5. The van der Waals surface area contributed by atoms with Gasteiger partial charge in [0.1, 0.15) is 6.04 Å². The number of carbonyl (C=O) groups is 5. The molecule has 1 aliphatic heterocycles. The number of halogens is 1. The highest BCUT2D eigenvalue weighted by Crippen LogP contribution is 2.52. The fraction of sp³-hybridized carbons (Fsp3) is 0.381. The number of benzene rings is 1. The predicted molar refractivity (Wildman–Crippen MR) is 107 cm³/mol. The van der Waals surface area contributed by atoms with E-state index in [1.54, 1.807) is 0 Å². The Kier molecular flexibility index (Phi) is 5.53. The number of esters is 1. The van der Waals surface area contributed by atoms with Gasteiger partial charge in [-0.05, 0) is 49.4 Å². The molecule has 1 aromatic rings. The van der Waals surface area contributed by atoms with E-state index in [2.05, 4.69) is 10.9 Å². The van der Waals surface area contributed by atoms with Gasteiger partial charge in [0.25, 0.3) is 11.8 Å². The maximum Gasteiger partial charge on any atom is 0.329 e. The van der Waals surface area contributed by atoms with Crippen LogP contribution in [0.2, 0.25) is 5.02 Å². The van der Waals surface area contributed by atoms with Crippen LogP contribution in [0.4, 0.5) is 0 Å². The van der Waals surface area contributed by atoms with Crippen molar-refractivity contribution in [2.45, 2.75) is 19.4 Å². The van der Waals surface area contributed by atoms with Crippen molar-refractivity contribution in [3.05, 3.63) is 47.0 Å². The van der Waals surface area contributed by atoms with E-state index in [-0.39, 0.29) is 29.2 Å². The fourth-order valence-corrected chi connectivity index (χ4v) is 4.63. The minimum absolute atomic E-state index is 0.0368. The van der Waals surface area contributed by atoms with Gasteiger partial charge in [0.2, 0.25) is 11.8 Å².